The molecule has 3 N–H and O–H groups in total. The fourth-order valence-corrected chi connectivity index (χ4v) is 2.11. The topological polar surface area (TPSA) is 60.7 Å². The monoisotopic (exact) mass is 189 g/mol. The van der Waals surface area contributed by atoms with Crippen LogP contribution in [0, 0.1) is 0 Å². The molecule has 0 radical (unpaired) electrons. The van der Waals surface area contributed by atoms with Crippen LogP contribution < -0.4 is 10.9 Å². The predicted octanol–water partition coefficient (Wildman–Crippen LogP) is 1.21. The molecule has 2 heterocycles. The van der Waals surface area contributed by atoms with Crippen molar-refractivity contribution in [2.45, 2.75) is 12.8 Å². The maximum Gasteiger partial charge on any atom is 0.272 e. The van der Waals surface area contributed by atoms with Crippen molar-refractivity contribution in [1.29, 1.82) is 0 Å². The summed E-state index contributed by atoms with van der Waals surface area (Å²) in [7, 11) is 0. The maximum atomic E-state index is 11.5. The Balaban J connectivity index is 2.44. The van der Waals surface area contributed by atoms with Gasteiger partial charge in [-0.25, -0.2) is 0 Å². The first-order valence-electron chi connectivity index (χ1n) is 4.82. The van der Waals surface area contributed by atoms with Gasteiger partial charge >= 0.3 is 0 Å². The minimum Gasteiger partial charge on any atom is -0.385 e. The summed E-state index contributed by atoms with van der Waals surface area (Å²) in [5.41, 5.74) is 3.14. The summed E-state index contributed by atoms with van der Waals surface area (Å²) in [6.07, 6.45) is 2.08. The molecule has 0 unspecified atom stereocenters. The Morgan fingerprint density at radius 2 is 2.14 bits per heavy atom. The van der Waals surface area contributed by atoms with Gasteiger partial charge in [0.1, 0.15) is 0 Å². The lowest BCUT2D eigenvalue weighted by atomic mass is 10.00. The highest BCUT2D eigenvalue weighted by Crippen LogP contribution is 2.26. The summed E-state index contributed by atoms with van der Waals surface area (Å²) >= 11 is 0. The molecule has 0 spiro atoms. The van der Waals surface area contributed by atoms with E-state index >= 15 is 0 Å². The molecular weight excluding hydrogens is 178 g/mol. The van der Waals surface area contributed by atoms with Crippen LogP contribution in [0.4, 0.5) is 5.69 Å². The first kappa shape index (κ1) is 7.67. The third-order valence-corrected chi connectivity index (χ3v) is 2.77. The molecule has 0 amide bonds. The van der Waals surface area contributed by atoms with Crippen molar-refractivity contribution in [3.63, 3.8) is 0 Å². The van der Waals surface area contributed by atoms with Gasteiger partial charge in [-0.3, -0.25) is 15.0 Å². The fraction of sp³-hybridized carbons (Fsp3) is 0.300. The van der Waals surface area contributed by atoms with Gasteiger partial charge < -0.3 is 5.32 Å². The Morgan fingerprint density at radius 3 is 3.07 bits per heavy atom. The van der Waals surface area contributed by atoms with Crippen molar-refractivity contribution in [2.75, 3.05) is 11.9 Å². The fourth-order valence-electron chi connectivity index (χ4n) is 2.11. The Kier molecular flexibility index (Phi) is 1.45. The number of fused-ring (bicyclic) bond motifs is 3. The van der Waals surface area contributed by atoms with Gasteiger partial charge in [-0.15, -0.1) is 0 Å². The number of aromatic nitrogens is 2. The highest BCUT2D eigenvalue weighted by molar-refractivity contribution is 5.87. The number of aryl methyl sites for hydroxylation is 1. The lowest BCUT2D eigenvalue weighted by Gasteiger charge is -2.17. The third kappa shape index (κ3) is 0.907. The number of benzene rings is 1. The minimum atomic E-state index is -0.0134. The van der Waals surface area contributed by atoms with E-state index in [-0.39, 0.29) is 5.56 Å². The van der Waals surface area contributed by atoms with Crippen LogP contribution in [0.25, 0.3) is 10.9 Å². The predicted molar refractivity (Wildman–Crippen MR) is 55.7 cm³/mol. The van der Waals surface area contributed by atoms with Crippen LogP contribution in [0.5, 0.6) is 0 Å². The van der Waals surface area contributed by atoms with E-state index in [1.165, 1.54) is 0 Å². The van der Waals surface area contributed by atoms with E-state index in [2.05, 4.69) is 15.5 Å². The molecule has 1 aromatic carbocycles. The highest BCUT2D eigenvalue weighted by Gasteiger charge is 2.14. The number of aromatic amines is 2. The smallest absolute Gasteiger partial charge is 0.272 e. The summed E-state index contributed by atoms with van der Waals surface area (Å²) in [4.78, 5) is 11.5. The molecule has 1 aliphatic rings. The molecule has 0 fully saturated rings. The zero-order chi connectivity index (χ0) is 9.54. The molecule has 4 nitrogen and oxygen atoms in total. The van der Waals surface area contributed by atoms with Gasteiger partial charge in [0.05, 0.1) is 10.9 Å². The average molecular weight is 189 g/mol. The summed E-state index contributed by atoms with van der Waals surface area (Å²) in [5.74, 6) is 0. The number of H-pyrrole nitrogens is 2. The summed E-state index contributed by atoms with van der Waals surface area (Å²) in [5, 5.41) is 9.61. The lowest BCUT2D eigenvalue weighted by molar-refractivity contribution is 0.836. The molecule has 14 heavy (non-hydrogen) atoms. The highest BCUT2D eigenvalue weighted by atomic mass is 16.1. The SMILES string of the molecule is O=c1[nH][nH]c2ccc3c(c12)CCCN3. The first-order chi connectivity index (χ1) is 6.86. The quantitative estimate of drug-likeness (QED) is 0.583. The van der Waals surface area contributed by atoms with Crippen LogP contribution in [-0.2, 0) is 6.42 Å². The van der Waals surface area contributed by atoms with Crippen molar-refractivity contribution in [3.8, 4) is 0 Å². The average Bonchev–Trinajstić information content (AvgIpc) is 2.61. The van der Waals surface area contributed by atoms with E-state index in [4.69, 9.17) is 0 Å². The number of anilines is 1. The molecule has 1 aliphatic heterocycles. The largest absolute Gasteiger partial charge is 0.385 e. The van der Waals surface area contributed by atoms with Crippen molar-refractivity contribution in [2.24, 2.45) is 0 Å². The Hall–Kier alpha value is -1.71. The van der Waals surface area contributed by atoms with Gasteiger partial charge in [-0.05, 0) is 30.5 Å². The molecule has 0 saturated heterocycles. The van der Waals surface area contributed by atoms with Crippen LogP contribution in [0.1, 0.15) is 12.0 Å². The molecule has 1 aromatic heterocycles. The van der Waals surface area contributed by atoms with Gasteiger partial charge in [0.25, 0.3) is 5.56 Å². The number of hydrogen-bond donors (Lipinski definition) is 3. The van der Waals surface area contributed by atoms with Crippen molar-refractivity contribution in [3.05, 3.63) is 28.0 Å². The Morgan fingerprint density at radius 1 is 1.21 bits per heavy atom. The van der Waals surface area contributed by atoms with Crippen LogP contribution in [0.3, 0.4) is 0 Å². The van der Waals surface area contributed by atoms with Gasteiger partial charge in [-0.2, -0.15) is 0 Å². The van der Waals surface area contributed by atoms with Gasteiger partial charge in [0, 0.05) is 12.2 Å². The normalized spacial score (nSPS) is 15.1. The van der Waals surface area contributed by atoms with E-state index in [1.807, 2.05) is 12.1 Å². The number of hydrogen-bond acceptors (Lipinski definition) is 2. The van der Waals surface area contributed by atoms with E-state index in [9.17, 15) is 4.79 Å². The first-order valence-corrected chi connectivity index (χ1v) is 4.82. The third-order valence-electron chi connectivity index (χ3n) is 2.77. The minimum absolute atomic E-state index is 0.0134. The summed E-state index contributed by atoms with van der Waals surface area (Å²) in [6.45, 7) is 1.00. The van der Waals surface area contributed by atoms with Gasteiger partial charge in [-0.1, -0.05) is 0 Å². The van der Waals surface area contributed by atoms with Crippen LogP contribution >= 0.6 is 0 Å². The van der Waals surface area contributed by atoms with Gasteiger partial charge in [0.2, 0.25) is 0 Å². The maximum absolute atomic E-state index is 11.5. The number of nitrogens with one attached hydrogen (secondary N) is 3. The standard InChI is InChI=1S/C10H11N3O/c14-10-9-6-2-1-5-11-7(6)3-4-8(9)12-13-10/h3-4,11H,1-2,5H2,(H2,12,13,14). The second-order valence-electron chi connectivity index (χ2n) is 3.62. The summed E-state index contributed by atoms with van der Waals surface area (Å²) < 4.78 is 0. The second-order valence-corrected chi connectivity index (χ2v) is 3.62. The van der Waals surface area contributed by atoms with Crippen molar-refractivity contribution in [1.82, 2.24) is 10.2 Å². The van der Waals surface area contributed by atoms with E-state index in [0.29, 0.717) is 0 Å². The van der Waals surface area contributed by atoms with E-state index in [1.54, 1.807) is 0 Å². The van der Waals surface area contributed by atoms with E-state index < -0.39 is 0 Å². The Bertz CT molecular complexity index is 538. The second kappa shape index (κ2) is 2.64. The van der Waals surface area contributed by atoms with Crippen LogP contribution in [0.2, 0.25) is 0 Å². The molecule has 3 rings (SSSR count). The molecule has 0 bridgehead atoms. The zero-order valence-electron chi connectivity index (χ0n) is 7.68. The molecular formula is C10H11N3O. The molecule has 0 aliphatic carbocycles. The zero-order valence-corrected chi connectivity index (χ0v) is 7.68. The lowest BCUT2D eigenvalue weighted by Crippen LogP contribution is -2.13. The molecule has 0 saturated carbocycles. The Labute approximate surface area is 80.3 Å². The molecule has 0 atom stereocenters. The van der Waals surface area contributed by atoms with Crippen LogP contribution in [0.15, 0.2) is 16.9 Å². The molecule has 4 heteroatoms. The van der Waals surface area contributed by atoms with Crippen molar-refractivity contribution < 1.29 is 0 Å². The number of rotatable bonds is 0. The molecule has 2 aromatic rings. The van der Waals surface area contributed by atoms with Gasteiger partial charge in [0.15, 0.2) is 0 Å². The molecule has 72 valence electrons. The van der Waals surface area contributed by atoms with Crippen LogP contribution in [-0.4, -0.2) is 16.7 Å². The van der Waals surface area contributed by atoms with E-state index in [0.717, 1.165) is 41.5 Å². The summed E-state index contributed by atoms with van der Waals surface area (Å²) in [6, 6.07) is 3.96. The van der Waals surface area contributed by atoms with Crippen molar-refractivity contribution >= 4 is 16.6 Å².